The third-order valence-electron chi connectivity index (χ3n) is 4.50. The van der Waals surface area contributed by atoms with Crippen LogP contribution in [0.2, 0.25) is 0 Å². The second-order valence-corrected chi connectivity index (χ2v) is 5.15. The van der Waals surface area contributed by atoms with Crippen LogP contribution in [0.4, 0.5) is 0 Å². The summed E-state index contributed by atoms with van der Waals surface area (Å²) in [7, 11) is 1.53. The van der Waals surface area contributed by atoms with Crippen LogP contribution in [-0.4, -0.2) is 49.7 Å². The first-order valence-electron chi connectivity index (χ1n) is 6.80. The van der Waals surface area contributed by atoms with Crippen molar-refractivity contribution in [2.75, 3.05) is 33.3 Å². The molecule has 1 saturated carbocycles. The first-order chi connectivity index (χ1) is 8.25. The van der Waals surface area contributed by atoms with E-state index in [1.165, 1.54) is 7.11 Å². The summed E-state index contributed by atoms with van der Waals surface area (Å²) in [5, 5.41) is 3.35. The minimum absolute atomic E-state index is 0.0104. The Labute approximate surface area is 104 Å². The molecule has 2 aliphatic rings. The Morgan fingerprint density at radius 2 is 2.18 bits per heavy atom. The van der Waals surface area contributed by atoms with Crippen molar-refractivity contribution in [3.05, 3.63) is 0 Å². The molecule has 17 heavy (non-hydrogen) atoms. The lowest BCUT2D eigenvalue weighted by Gasteiger charge is -2.44. The number of methoxy groups -OCH3 is 1. The van der Waals surface area contributed by atoms with Gasteiger partial charge in [0, 0.05) is 26.2 Å². The van der Waals surface area contributed by atoms with Gasteiger partial charge in [-0.15, -0.1) is 0 Å². The van der Waals surface area contributed by atoms with Crippen molar-refractivity contribution in [3.8, 4) is 0 Å². The zero-order valence-corrected chi connectivity index (χ0v) is 11.0. The van der Waals surface area contributed by atoms with Gasteiger partial charge in [-0.05, 0) is 18.8 Å². The van der Waals surface area contributed by atoms with Crippen molar-refractivity contribution in [2.24, 2.45) is 5.92 Å². The van der Waals surface area contributed by atoms with E-state index < -0.39 is 0 Å². The number of hydrogen-bond donors (Lipinski definition) is 1. The highest BCUT2D eigenvalue weighted by atomic mass is 16.5. The van der Waals surface area contributed by atoms with Gasteiger partial charge in [-0.2, -0.15) is 0 Å². The number of esters is 1. The predicted molar refractivity (Wildman–Crippen MR) is 66.8 cm³/mol. The average Bonchev–Trinajstić information content (AvgIpc) is 2.83. The molecule has 0 radical (unpaired) electrons. The topological polar surface area (TPSA) is 41.6 Å². The van der Waals surface area contributed by atoms with Crippen LogP contribution in [0.3, 0.4) is 0 Å². The van der Waals surface area contributed by atoms with Crippen LogP contribution in [0.15, 0.2) is 0 Å². The van der Waals surface area contributed by atoms with Gasteiger partial charge in [0.05, 0.1) is 7.11 Å². The third kappa shape index (κ3) is 2.08. The lowest BCUT2D eigenvalue weighted by atomic mass is 9.83. The minimum Gasteiger partial charge on any atom is -0.468 e. The first-order valence-corrected chi connectivity index (χ1v) is 6.80. The number of carbonyl (C=O) groups is 1. The fourth-order valence-corrected chi connectivity index (χ4v) is 3.66. The SMILES string of the molecule is CCC1CCCC1(C(=O)OC)N1CCNCC1. The van der Waals surface area contributed by atoms with Crippen molar-refractivity contribution >= 4 is 5.97 Å². The highest BCUT2D eigenvalue weighted by Gasteiger charge is 2.53. The molecule has 0 bridgehead atoms. The Hall–Kier alpha value is -0.610. The summed E-state index contributed by atoms with van der Waals surface area (Å²) < 4.78 is 5.12. The van der Waals surface area contributed by atoms with Gasteiger partial charge in [0.15, 0.2) is 0 Å². The number of carbonyl (C=O) groups excluding carboxylic acids is 1. The van der Waals surface area contributed by atoms with Gasteiger partial charge in [-0.25, -0.2) is 0 Å². The van der Waals surface area contributed by atoms with E-state index in [9.17, 15) is 4.79 Å². The molecular formula is C13H24N2O2. The number of ether oxygens (including phenoxy) is 1. The molecule has 1 saturated heterocycles. The molecule has 2 unspecified atom stereocenters. The summed E-state index contributed by atoms with van der Waals surface area (Å²) in [6.07, 6.45) is 4.35. The summed E-state index contributed by atoms with van der Waals surface area (Å²) in [6, 6.07) is 0. The molecule has 0 aromatic carbocycles. The maximum absolute atomic E-state index is 12.3. The van der Waals surface area contributed by atoms with Gasteiger partial charge in [0.2, 0.25) is 0 Å². The smallest absolute Gasteiger partial charge is 0.326 e. The lowest BCUT2D eigenvalue weighted by Crippen LogP contribution is -2.62. The standard InChI is InChI=1S/C13H24N2O2/c1-3-11-5-4-6-13(11,12(16)17-2)15-9-7-14-8-10-15/h11,14H,3-10H2,1-2H3. The number of rotatable bonds is 3. The number of nitrogens with zero attached hydrogens (tertiary/aromatic N) is 1. The van der Waals surface area contributed by atoms with Crippen molar-refractivity contribution in [2.45, 2.75) is 38.1 Å². The van der Waals surface area contributed by atoms with Crippen LogP contribution in [-0.2, 0) is 9.53 Å². The maximum atomic E-state index is 12.3. The van der Waals surface area contributed by atoms with Crippen molar-refractivity contribution in [1.82, 2.24) is 10.2 Å². The molecule has 0 amide bonds. The quantitative estimate of drug-likeness (QED) is 0.748. The van der Waals surface area contributed by atoms with Crippen LogP contribution < -0.4 is 5.32 Å². The maximum Gasteiger partial charge on any atom is 0.326 e. The average molecular weight is 240 g/mol. The predicted octanol–water partition coefficient (Wildman–Crippen LogP) is 1.01. The highest BCUT2D eigenvalue weighted by molar-refractivity contribution is 5.81. The molecule has 4 heteroatoms. The molecule has 0 aromatic rings. The molecule has 1 aliphatic carbocycles. The molecule has 1 aliphatic heterocycles. The van der Waals surface area contributed by atoms with E-state index in [4.69, 9.17) is 4.74 Å². The molecular weight excluding hydrogens is 216 g/mol. The van der Waals surface area contributed by atoms with E-state index in [-0.39, 0.29) is 11.5 Å². The van der Waals surface area contributed by atoms with Gasteiger partial charge in [0.25, 0.3) is 0 Å². The Morgan fingerprint density at radius 1 is 1.47 bits per heavy atom. The van der Waals surface area contributed by atoms with E-state index in [2.05, 4.69) is 17.1 Å². The summed E-state index contributed by atoms with van der Waals surface area (Å²) in [6.45, 7) is 6.08. The van der Waals surface area contributed by atoms with E-state index in [1.807, 2.05) is 0 Å². The van der Waals surface area contributed by atoms with E-state index in [0.717, 1.165) is 51.9 Å². The largest absolute Gasteiger partial charge is 0.468 e. The van der Waals surface area contributed by atoms with E-state index in [0.29, 0.717) is 5.92 Å². The monoisotopic (exact) mass is 240 g/mol. The zero-order chi connectivity index (χ0) is 12.3. The second kappa shape index (κ2) is 5.36. The Morgan fingerprint density at radius 3 is 2.76 bits per heavy atom. The number of nitrogens with one attached hydrogen (secondary N) is 1. The first kappa shape index (κ1) is 12.8. The Bertz CT molecular complexity index is 277. The molecule has 0 spiro atoms. The van der Waals surface area contributed by atoms with Crippen molar-refractivity contribution in [3.63, 3.8) is 0 Å². The zero-order valence-electron chi connectivity index (χ0n) is 11.0. The molecule has 4 nitrogen and oxygen atoms in total. The summed E-state index contributed by atoms with van der Waals surface area (Å²) >= 11 is 0. The van der Waals surface area contributed by atoms with Gasteiger partial charge >= 0.3 is 5.97 Å². The minimum atomic E-state index is -0.328. The normalized spacial score (nSPS) is 34.8. The van der Waals surface area contributed by atoms with E-state index >= 15 is 0 Å². The fraction of sp³-hybridized carbons (Fsp3) is 0.923. The molecule has 2 atom stereocenters. The number of hydrogen-bond acceptors (Lipinski definition) is 4. The second-order valence-electron chi connectivity index (χ2n) is 5.15. The van der Waals surface area contributed by atoms with Crippen molar-refractivity contribution < 1.29 is 9.53 Å². The molecule has 98 valence electrons. The Balaban J connectivity index is 2.25. The van der Waals surface area contributed by atoms with Gasteiger partial charge in [-0.3, -0.25) is 9.69 Å². The summed E-state index contributed by atoms with van der Waals surface area (Å²) in [5.41, 5.74) is -0.328. The lowest BCUT2D eigenvalue weighted by molar-refractivity contribution is -0.159. The Kier molecular flexibility index (Phi) is 4.05. The summed E-state index contributed by atoms with van der Waals surface area (Å²) in [5.74, 6) is 0.455. The number of piperazine rings is 1. The molecule has 1 N–H and O–H groups in total. The van der Waals surface area contributed by atoms with Gasteiger partial charge in [-0.1, -0.05) is 19.8 Å². The molecule has 0 aromatic heterocycles. The molecule has 2 fully saturated rings. The van der Waals surface area contributed by atoms with Crippen molar-refractivity contribution in [1.29, 1.82) is 0 Å². The van der Waals surface area contributed by atoms with Gasteiger partial charge < -0.3 is 10.1 Å². The summed E-state index contributed by atoms with van der Waals surface area (Å²) in [4.78, 5) is 14.7. The fourth-order valence-electron chi connectivity index (χ4n) is 3.66. The van der Waals surface area contributed by atoms with Crippen LogP contribution in [0, 0.1) is 5.92 Å². The van der Waals surface area contributed by atoms with Crippen LogP contribution in [0.25, 0.3) is 0 Å². The molecule has 2 rings (SSSR count). The third-order valence-corrected chi connectivity index (χ3v) is 4.50. The van der Waals surface area contributed by atoms with Crippen LogP contribution in [0.1, 0.15) is 32.6 Å². The highest BCUT2D eigenvalue weighted by Crippen LogP contribution is 2.43. The molecule has 1 heterocycles. The van der Waals surface area contributed by atoms with E-state index in [1.54, 1.807) is 0 Å². The van der Waals surface area contributed by atoms with Gasteiger partial charge in [0.1, 0.15) is 5.54 Å². The van der Waals surface area contributed by atoms with Crippen LogP contribution in [0.5, 0.6) is 0 Å². The van der Waals surface area contributed by atoms with Crippen LogP contribution >= 0.6 is 0 Å².